The highest BCUT2D eigenvalue weighted by molar-refractivity contribution is 6.31. The molecular formula is C25H20ClN3O3. The van der Waals surface area contributed by atoms with Crippen LogP contribution in [0.1, 0.15) is 15.9 Å². The lowest BCUT2D eigenvalue weighted by Gasteiger charge is -2.09. The summed E-state index contributed by atoms with van der Waals surface area (Å²) >= 11 is 6.16. The van der Waals surface area contributed by atoms with Gasteiger partial charge in [-0.15, -0.1) is 0 Å². The molecule has 4 rings (SSSR count). The van der Waals surface area contributed by atoms with Crippen LogP contribution in [-0.2, 0) is 6.54 Å². The molecule has 3 aromatic carbocycles. The van der Waals surface area contributed by atoms with Crippen molar-refractivity contribution < 1.29 is 14.3 Å². The third kappa shape index (κ3) is 5.22. The molecule has 0 atom stereocenters. The molecular weight excluding hydrogens is 426 g/mol. The van der Waals surface area contributed by atoms with E-state index in [1.165, 1.54) is 6.33 Å². The summed E-state index contributed by atoms with van der Waals surface area (Å²) in [6.45, 7) is 0.343. The van der Waals surface area contributed by atoms with Gasteiger partial charge in [-0.25, -0.2) is 9.97 Å². The van der Waals surface area contributed by atoms with Crippen LogP contribution in [0.4, 0.5) is 0 Å². The number of carbonyl (C=O) groups is 1. The fourth-order valence-corrected chi connectivity index (χ4v) is 3.26. The molecule has 0 radical (unpaired) electrons. The van der Waals surface area contributed by atoms with E-state index in [0.717, 1.165) is 16.9 Å². The molecule has 1 amide bonds. The summed E-state index contributed by atoms with van der Waals surface area (Å²) in [6, 6.07) is 23.6. The molecule has 160 valence electrons. The van der Waals surface area contributed by atoms with Gasteiger partial charge in [0.15, 0.2) is 0 Å². The Morgan fingerprint density at radius 3 is 2.50 bits per heavy atom. The lowest BCUT2D eigenvalue weighted by Crippen LogP contribution is -2.22. The molecule has 0 aliphatic heterocycles. The smallest absolute Gasteiger partial charge is 0.251 e. The highest BCUT2D eigenvalue weighted by Gasteiger charge is 2.10. The predicted molar refractivity (Wildman–Crippen MR) is 123 cm³/mol. The lowest BCUT2D eigenvalue weighted by atomic mass is 10.1. The minimum atomic E-state index is -0.199. The van der Waals surface area contributed by atoms with Crippen LogP contribution < -0.4 is 14.8 Å². The van der Waals surface area contributed by atoms with Crippen LogP contribution in [0.5, 0.6) is 17.4 Å². The normalized spacial score (nSPS) is 10.4. The van der Waals surface area contributed by atoms with Crippen LogP contribution in [0.15, 0.2) is 85.2 Å². The molecule has 0 saturated carbocycles. The maximum Gasteiger partial charge on any atom is 0.251 e. The van der Waals surface area contributed by atoms with E-state index in [4.69, 9.17) is 21.1 Å². The molecule has 32 heavy (non-hydrogen) atoms. The first kappa shape index (κ1) is 21.3. The highest BCUT2D eigenvalue weighted by atomic mass is 35.5. The Morgan fingerprint density at radius 1 is 0.938 bits per heavy atom. The highest BCUT2D eigenvalue weighted by Crippen LogP contribution is 2.26. The van der Waals surface area contributed by atoms with Crippen LogP contribution in [-0.4, -0.2) is 23.0 Å². The number of methoxy groups -OCH3 is 1. The number of carbonyl (C=O) groups excluding carboxylic acids is 1. The molecule has 0 bridgehead atoms. The molecule has 1 N–H and O–H groups in total. The molecule has 0 unspecified atom stereocenters. The Kier molecular flexibility index (Phi) is 6.63. The average molecular weight is 446 g/mol. The molecule has 4 aromatic rings. The van der Waals surface area contributed by atoms with Gasteiger partial charge in [-0.1, -0.05) is 41.9 Å². The second-order valence-corrected chi connectivity index (χ2v) is 7.28. The summed E-state index contributed by atoms with van der Waals surface area (Å²) in [7, 11) is 1.61. The van der Waals surface area contributed by atoms with Crippen molar-refractivity contribution in [3.8, 4) is 28.6 Å². The molecule has 0 aliphatic rings. The number of ether oxygens (including phenoxy) is 2. The van der Waals surface area contributed by atoms with Crippen molar-refractivity contribution in [2.45, 2.75) is 6.54 Å². The van der Waals surface area contributed by atoms with Crippen molar-refractivity contribution in [3.63, 3.8) is 0 Å². The van der Waals surface area contributed by atoms with Crippen molar-refractivity contribution in [1.29, 1.82) is 0 Å². The number of benzene rings is 3. The number of hydrogen-bond acceptors (Lipinski definition) is 5. The Morgan fingerprint density at radius 2 is 1.72 bits per heavy atom. The SMILES string of the molecule is COc1ccc(Oc2cc(-c3cccc(C(=O)NCc4ccccc4Cl)c3)ncn2)cc1. The predicted octanol–water partition coefficient (Wildman–Crippen LogP) is 5.53. The van der Waals surface area contributed by atoms with Gasteiger partial charge in [0.25, 0.3) is 5.91 Å². The molecule has 1 heterocycles. The first-order valence-electron chi connectivity index (χ1n) is 9.88. The van der Waals surface area contributed by atoms with Gasteiger partial charge in [0, 0.05) is 28.8 Å². The maximum absolute atomic E-state index is 12.7. The topological polar surface area (TPSA) is 73.3 Å². The minimum Gasteiger partial charge on any atom is -0.497 e. The van der Waals surface area contributed by atoms with E-state index in [9.17, 15) is 4.79 Å². The zero-order valence-electron chi connectivity index (χ0n) is 17.3. The van der Waals surface area contributed by atoms with E-state index in [-0.39, 0.29) is 5.91 Å². The fraction of sp³-hybridized carbons (Fsp3) is 0.0800. The van der Waals surface area contributed by atoms with Crippen LogP contribution in [0.2, 0.25) is 5.02 Å². The van der Waals surface area contributed by atoms with E-state index in [0.29, 0.717) is 34.5 Å². The first-order chi connectivity index (χ1) is 15.6. The summed E-state index contributed by atoms with van der Waals surface area (Å²) in [5.74, 6) is 1.57. The zero-order valence-corrected chi connectivity index (χ0v) is 18.0. The standard InChI is InChI=1S/C25H20ClN3O3/c1-31-20-9-11-21(12-10-20)32-24-14-23(28-16-29-24)17-6-4-7-18(13-17)25(30)27-15-19-5-2-3-8-22(19)26/h2-14,16H,15H2,1H3,(H,27,30). The van der Waals surface area contributed by atoms with Gasteiger partial charge in [0.1, 0.15) is 17.8 Å². The minimum absolute atomic E-state index is 0.199. The van der Waals surface area contributed by atoms with Gasteiger partial charge in [-0.3, -0.25) is 4.79 Å². The molecule has 6 nitrogen and oxygen atoms in total. The second-order valence-electron chi connectivity index (χ2n) is 6.87. The van der Waals surface area contributed by atoms with Crippen molar-refractivity contribution in [2.75, 3.05) is 7.11 Å². The molecule has 0 spiro atoms. The van der Waals surface area contributed by atoms with Crippen LogP contribution in [0, 0.1) is 0 Å². The lowest BCUT2D eigenvalue weighted by molar-refractivity contribution is 0.0951. The number of amides is 1. The van der Waals surface area contributed by atoms with E-state index in [1.54, 1.807) is 43.5 Å². The van der Waals surface area contributed by atoms with E-state index >= 15 is 0 Å². The largest absolute Gasteiger partial charge is 0.497 e. The second kappa shape index (κ2) is 9.94. The first-order valence-corrected chi connectivity index (χ1v) is 10.3. The van der Waals surface area contributed by atoms with Crippen molar-refractivity contribution in [2.24, 2.45) is 0 Å². The van der Waals surface area contributed by atoms with E-state index in [2.05, 4.69) is 15.3 Å². The zero-order chi connectivity index (χ0) is 22.3. The fourth-order valence-electron chi connectivity index (χ4n) is 3.06. The Hall–Kier alpha value is -3.90. The van der Waals surface area contributed by atoms with Gasteiger partial charge in [-0.05, 0) is 48.0 Å². The van der Waals surface area contributed by atoms with Crippen LogP contribution in [0.25, 0.3) is 11.3 Å². The van der Waals surface area contributed by atoms with Crippen LogP contribution >= 0.6 is 11.6 Å². The molecule has 0 fully saturated rings. The van der Waals surface area contributed by atoms with E-state index in [1.807, 2.05) is 42.5 Å². The molecule has 7 heteroatoms. The van der Waals surface area contributed by atoms with Gasteiger partial charge < -0.3 is 14.8 Å². The number of hydrogen-bond donors (Lipinski definition) is 1. The summed E-state index contributed by atoms with van der Waals surface area (Å²) in [6.07, 6.45) is 1.43. The van der Waals surface area contributed by atoms with Gasteiger partial charge in [-0.2, -0.15) is 0 Å². The van der Waals surface area contributed by atoms with Crippen LogP contribution in [0.3, 0.4) is 0 Å². The van der Waals surface area contributed by atoms with Crippen molar-refractivity contribution in [1.82, 2.24) is 15.3 Å². The Labute approximate surface area is 190 Å². The average Bonchev–Trinajstić information content (AvgIpc) is 2.84. The number of rotatable bonds is 7. The maximum atomic E-state index is 12.7. The van der Waals surface area contributed by atoms with Gasteiger partial charge in [0.2, 0.25) is 5.88 Å². The van der Waals surface area contributed by atoms with Gasteiger partial charge in [0.05, 0.1) is 12.8 Å². The third-order valence-corrected chi connectivity index (χ3v) is 5.11. The summed E-state index contributed by atoms with van der Waals surface area (Å²) in [4.78, 5) is 21.2. The van der Waals surface area contributed by atoms with Gasteiger partial charge >= 0.3 is 0 Å². The molecule has 1 aromatic heterocycles. The number of nitrogens with one attached hydrogen (secondary N) is 1. The third-order valence-electron chi connectivity index (χ3n) is 4.74. The Balaban J connectivity index is 1.48. The number of nitrogens with zero attached hydrogens (tertiary/aromatic N) is 2. The number of aromatic nitrogens is 2. The molecule has 0 saturated heterocycles. The molecule has 0 aliphatic carbocycles. The van der Waals surface area contributed by atoms with Crippen molar-refractivity contribution >= 4 is 17.5 Å². The van der Waals surface area contributed by atoms with Crippen molar-refractivity contribution in [3.05, 3.63) is 101 Å². The quantitative estimate of drug-likeness (QED) is 0.405. The summed E-state index contributed by atoms with van der Waals surface area (Å²) in [5, 5.41) is 3.51. The Bertz CT molecular complexity index is 1230. The monoisotopic (exact) mass is 445 g/mol. The summed E-state index contributed by atoms with van der Waals surface area (Å²) in [5.41, 5.74) is 2.79. The van der Waals surface area contributed by atoms with E-state index < -0.39 is 0 Å². The number of halogens is 1. The summed E-state index contributed by atoms with van der Waals surface area (Å²) < 4.78 is 11.0.